The smallest absolute Gasteiger partial charge is 0.230 e. The van der Waals surface area contributed by atoms with Gasteiger partial charge in [0.1, 0.15) is 0 Å². The van der Waals surface area contributed by atoms with Crippen LogP contribution in [0.15, 0.2) is 17.5 Å². The summed E-state index contributed by atoms with van der Waals surface area (Å²) in [5, 5.41) is 2.32. The van der Waals surface area contributed by atoms with E-state index in [1.165, 1.54) is 4.88 Å². The highest BCUT2D eigenvalue weighted by Gasteiger charge is 2.58. The Balaban J connectivity index is 2.32. The van der Waals surface area contributed by atoms with Gasteiger partial charge in [-0.25, -0.2) is 0 Å². The van der Waals surface area contributed by atoms with Crippen molar-refractivity contribution in [2.24, 2.45) is 10.8 Å². The zero-order valence-electron chi connectivity index (χ0n) is 11.7. The average Bonchev–Trinajstić information content (AvgIpc) is 2.83. The number of likely N-dealkylation sites (tertiary alicyclic amines) is 1. The Morgan fingerprint density at radius 2 is 2.06 bits per heavy atom. The van der Waals surface area contributed by atoms with Crippen LogP contribution in [0.3, 0.4) is 0 Å². The maximum Gasteiger partial charge on any atom is 0.230 e. The predicted molar refractivity (Wildman–Crippen MR) is 79.7 cm³/mol. The maximum atomic E-state index is 12.7. The largest absolute Gasteiger partial charge is 0.325 e. The highest BCUT2D eigenvalue weighted by molar-refractivity contribution is 7.99. The lowest BCUT2D eigenvalue weighted by molar-refractivity contribution is -0.136. The van der Waals surface area contributed by atoms with E-state index >= 15 is 0 Å². The van der Waals surface area contributed by atoms with Crippen molar-refractivity contribution in [3.05, 3.63) is 22.4 Å². The van der Waals surface area contributed by atoms with Gasteiger partial charge in [0, 0.05) is 10.3 Å². The summed E-state index contributed by atoms with van der Waals surface area (Å²) < 4.78 is 0. The molecule has 0 bridgehead atoms. The van der Waals surface area contributed by atoms with Crippen LogP contribution in [0.25, 0.3) is 0 Å². The zero-order valence-corrected chi connectivity index (χ0v) is 13.3. The van der Waals surface area contributed by atoms with Crippen molar-refractivity contribution in [2.75, 3.05) is 6.26 Å². The Hall–Kier alpha value is -0.480. The van der Waals surface area contributed by atoms with Crippen LogP contribution in [0.4, 0.5) is 0 Å². The molecule has 2 rings (SSSR count). The molecule has 1 unspecified atom stereocenters. The number of nitrogens with zero attached hydrogens (tertiary/aromatic N) is 1. The Labute approximate surface area is 118 Å². The van der Waals surface area contributed by atoms with Crippen LogP contribution >= 0.6 is 23.1 Å². The number of amides is 1. The SMILES string of the molecule is CSC1N(Cc2cccs2)C(=O)C(C)(C)C1(C)C. The molecule has 0 radical (unpaired) electrons. The van der Waals surface area contributed by atoms with Crippen LogP contribution in [-0.2, 0) is 11.3 Å². The van der Waals surface area contributed by atoms with Gasteiger partial charge < -0.3 is 4.90 Å². The van der Waals surface area contributed by atoms with Crippen molar-refractivity contribution in [2.45, 2.75) is 39.6 Å². The molecule has 100 valence electrons. The molecule has 0 saturated carbocycles. The summed E-state index contributed by atoms with van der Waals surface area (Å²) in [6, 6.07) is 4.15. The third-order valence-corrected chi connectivity index (χ3v) is 6.59. The second-order valence-electron chi connectivity index (χ2n) is 5.95. The van der Waals surface area contributed by atoms with Crippen LogP contribution in [-0.4, -0.2) is 22.4 Å². The summed E-state index contributed by atoms with van der Waals surface area (Å²) in [7, 11) is 0. The molecule has 1 aromatic rings. The molecular formula is C14H21NOS2. The first kappa shape index (κ1) is 13.9. The summed E-state index contributed by atoms with van der Waals surface area (Å²) in [6.45, 7) is 9.32. The normalized spacial score (nSPS) is 25.7. The van der Waals surface area contributed by atoms with E-state index in [4.69, 9.17) is 0 Å². The monoisotopic (exact) mass is 283 g/mol. The molecule has 1 amide bonds. The Bertz CT molecular complexity index is 437. The van der Waals surface area contributed by atoms with E-state index in [1.54, 1.807) is 23.1 Å². The van der Waals surface area contributed by atoms with E-state index in [1.807, 2.05) is 6.07 Å². The Morgan fingerprint density at radius 1 is 1.39 bits per heavy atom. The van der Waals surface area contributed by atoms with Crippen molar-refractivity contribution >= 4 is 29.0 Å². The molecule has 1 saturated heterocycles. The van der Waals surface area contributed by atoms with Crippen molar-refractivity contribution in [3.63, 3.8) is 0 Å². The summed E-state index contributed by atoms with van der Waals surface area (Å²) in [5.41, 5.74) is -0.307. The summed E-state index contributed by atoms with van der Waals surface area (Å²) in [6.07, 6.45) is 2.10. The molecule has 18 heavy (non-hydrogen) atoms. The van der Waals surface area contributed by atoms with E-state index in [2.05, 4.69) is 50.3 Å². The van der Waals surface area contributed by atoms with Gasteiger partial charge >= 0.3 is 0 Å². The molecule has 0 aromatic carbocycles. The van der Waals surface area contributed by atoms with Gasteiger partial charge in [0.05, 0.1) is 17.3 Å². The fraction of sp³-hybridized carbons (Fsp3) is 0.643. The van der Waals surface area contributed by atoms with Gasteiger partial charge in [-0.05, 0) is 17.7 Å². The second kappa shape index (κ2) is 4.57. The first-order valence-corrected chi connectivity index (χ1v) is 8.35. The molecule has 1 aromatic heterocycles. The van der Waals surface area contributed by atoms with E-state index < -0.39 is 0 Å². The van der Waals surface area contributed by atoms with Gasteiger partial charge in [-0.2, -0.15) is 0 Å². The molecule has 1 aliphatic heterocycles. The van der Waals surface area contributed by atoms with Gasteiger partial charge in [-0.15, -0.1) is 23.1 Å². The summed E-state index contributed by atoms with van der Waals surface area (Å²) >= 11 is 3.51. The lowest BCUT2D eigenvalue weighted by atomic mass is 9.70. The first-order valence-electron chi connectivity index (χ1n) is 6.18. The molecule has 0 aliphatic carbocycles. The number of rotatable bonds is 3. The topological polar surface area (TPSA) is 20.3 Å². The van der Waals surface area contributed by atoms with Crippen LogP contribution < -0.4 is 0 Å². The van der Waals surface area contributed by atoms with Gasteiger partial charge in [-0.1, -0.05) is 33.8 Å². The van der Waals surface area contributed by atoms with Crippen molar-refractivity contribution in [1.29, 1.82) is 0 Å². The van der Waals surface area contributed by atoms with E-state index in [9.17, 15) is 4.79 Å². The van der Waals surface area contributed by atoms with E-state index in [-0.39, 0.29) is 22.1 Å². The molecule has 0 spiro atoms. The van der Waals surface area contributed by atoms with Crippen LogP contribution in [0, 0.1) is 10.8 Å². The lowest BCUT2D eigenvalue weighted by Gasteiger charge is -2.35. The zero-order chi connectivity index (χ0) is 13.6. The second-order valence-corrected chi connectivity index (χ2v) is 7.90. The number of carbonyl (C=O) groups excluding carboxylic acids is 1. The minimum Gasteiger partial charge on any atom is -0.325 e. The fourth-order valence-electron chi connectivity index (χ4n) is 2.59. The first-order chi connectivity index (χ1) is 8.32. The highest BCUT2D eigenvalue weighted by Crippen LogP contribution is 2.54. The van der Waals surface area contributed by atoms with E-state index in [0.29, 0.717) is 0 Å². The molecule has 4 heteroatoms. The van der Waals surface area contributed by atoms with Gasteiger partial charge in [0.25, 0.3) is 0 Å². The third-order valence-electron chi connectivity index (χ3n) is 4.44. The molecule has 1 aliphatic rings. The predicted octanol–water partition coefficient (Wildman–Crippen LogP) is 3.83. The minimum atomic E-state index is -0.294. The molecule has 2 nitrogen and oxygen atoms in total. The van der Waals surface area contributed by atoms with Crippen molar-refractivity contribution in [1.82, 2.24) is 4.90 Å². The number of hydrogen-bond donors (Lipinski definition) is 0. The van der Waals surface area contributed by atoms with Crippen molar-refractivity contribution in [3.8, 4) is 0 Å². The molecular weight excluding hydrogens is 262 g/mol. The summed E-state index contributed by atoms with van der Waals surface area (Å²) in [5.74, 6) is 0.278. The quantitative estimate of drug-likeness (QED) is 0.840. The van der Waals surface area contributed by atoms with E-state index in [0.717, 1.165) is 6.54 Å². The number of thiophene rings is 1. The average molecular weight is 283 g/mol. The van der Waals surface area contributed by atoms with Crippen LogP contribution in [0.5, 0.6) is 0 Å². The fourth-order valence-corrected chi connectivity index (χ4v) is 4.60. The number of thioether (sulfide) groups is 1. The molecule has 1 atom stereocenters. The van der Waals surface area contributed by atoms with Crippen molar-refractivity contribution < 1.29 is 4.79 Å². The van der Waals surface area contributed by atoms with Gasteiger partial charge in [-0.3, -0.25) is 4.79 Å². The third kappa shape index (κ3) is 1.90. The Morgan fingerprint density at radius 3 is 2.56 bits per heavy atom. The molecule has 1 fully saturated rings. The Kier molecular flexibility index (Phi) is 3.54. The maximum absolute atomic E-state index is 12.7. The van der Waals surface area contributed by atoms with Gasteiger partial charge in [0.15, 0.2) is 0 Å². The number of carbonyl (C=O) groups is 1. The van der Waals surface area contributed by atoms with Crippen LogP contribution in [0.2, 0.25) is 0 Å². The standard InChI is InChI=1S/C14H21NOS2/c1-13(2)11(16)15(9-10-7-6-8-18-10)12(17-5)14(13,3)4/h6-8,12H,9H2,1-5H3. The molecule has 0 N–H and O–H groups in total. The molecule has 2 heterocycles. The number of hydrogen-bond acceptors (Lipinski definition) is 3. The lowest BCUT2D eigenvalue weighted by Crippen LogP contribution is -2.36. The minimum absolute atomic E-state index is 0.0131. The van der Waals surface area contributed by atoms with Gasteiger partial charge in [0.2, 0.25) is 5.91 Å². The van der Waals surface area contributed by atoms with Crippen LogP contribution in [0.1, 0.15) is 32.6 Å². The summed E-state index contributed by atoms with van der Waals surface area (Å²) in [4.78, 5) is 16.0. The highest BCUT2D eigenvalue weighted by atomic mass is 32.2.